The van der Waals surface area contributed by atoms with Crippen molar-refractivity contribution in [1.29, 1.82) is 0 Å². The SMILES string of the molecule is CC(C)CCC[C@@H](C)C1CCC2C3CC=C4C[C@@H](N(CCCNC(=O)CCNC(=O)CCN)C(=O)OC(C)(C)C)CCC4(C)C3CCC21C. The van der Waals surface area contributed by atoms with Gasteiger partial charge in [0.2, 0.25) is 11.8 Å². The van der Waals surface area contributed by atoms with Gasteiger partial charge in [0.25, 0.3) is 0 Å². The van der Waals surface area contributed by atoms with E-state index >= 15 is 0 Å². The second-order valence-electron chi connectivity index (χ2n) is 18.2. The number of nitrogens with one attached hydrogen (secondary N) is 2. The number of carbonyl (C=O) groups excluding carboxylic acids is 3. The summed E-state index contributed by atoms with van der Waals surface area (Å²) in [6.45, 7) is 19.9. The summed E-state index contributed by atoms with van der Waals surface area (Å²) >= 11 is 0. The smallest absolute Gasteiger partial charge is 0.410 e. The fraction of sp³-hybridized carbons (Fsp3) is 0.878. The molecule has 4 aliphatic carbocycles. The van der Waals surface area contributed by atoms with E-state index < -0.39 is 5.60 Å². The van der Waals surface area contributed by atoms with Crippen LogP contribution < -0.4 is 16.4 Å². The Labute approximate surface area is 298 Å². The summed E-state index contributed by atoms with van der Waals surface area (Å²) in [4.78, 5) is 39.5. The molecule has 8 heteroatoms. The number of ether oxygens (including phenoxy) is 1. The first-order chi connectivity index (χ1) is 23.1. The molecular weight excluding hydrogens is 612 g/mol. The number of nitrogens with zero attached hydrogens (tertiary/aromatic N) is 1. The molecule has 0 spiro atoms. The van der Waals surface area contributed by atoms with E-state index in [-0.39, 0.29) is 42.2 Å². The normalized spacial score (nSPS) is 31.6. The molecule has 0 heterocycles. The molecule has 0 bridgehead atoms. The van der Waals surface area contributed by atoms with Crippen molar-refractivity contribution in [2.24, 2.45) is 52.1 Å². The Balaban J connectivity index is 1.37. The molecule has 0 aromatic heterocycles. The molecule has 0 aromatic carbocycles. The van der Waals surface area contributed by atoms with E-state index in [4.69, 9.17) is 10.5 Å². The van der Waals surface area contributed by atoms with Crippen molar-refractivity contribution in [1.82, 2.24) is 15.5 Å². The van der Waals surface area contributed by atoms with Crippen molar-refractivity contribution in [3.05, 3.63) is 11.6 Å². The molecule has 8 atom stereocenters. The van der Waals surface area contributed by atoms with Gasteiger partial charge >= 0.3 is 6.09 Å². The molecule has 3 amide bonds. The summed E-state index contributed by atoms with van der Waals surface area (Å²) in [5.74, 6) is 4.63. The lowest BCUT2D eigenvalue weighted by Crippen LogP contribution is -2.53. The third-order valence-corrected chi connectivity index (χ3v) is 13.3. The van der Waals surface area contributed by atoms with Gasteiger partial charge in [-0.05, 0) is 125 Å². The molecule has 0 aromatic rings. The predicted octanol–water partition coefficient (Wildman–Crippen LogP) is 7.99. The number of rotatable bonds is 15. The van der Waals surface area contributed by atoms with Gasteiger partial charge in [-0.1, -0.05) is 65.5 Å². The molecule has 4 N–H and O–H groups in total. The second-order valence-corrected chi connectivity index (χ2v) is 18.2. The molecule has 3 saturated carbocycles. The molecule has 49 heavy (non-hydrogen) atoms. The van der Waals surface area contributed by atoms with E-state index in [0.29, 0.717) is 38.0 Å². The van der Waals surface area contributed by atoms with Crippen LogP contribution in [-0.2, 0) is 14.3 Å². The monoisotopic (exact) mass is 685 g/mol. The molecule has 0 aliphatic heterocycles. The van der Waals surface area contributed by atoms with Gasteiger partial charge in [0.05, 0.1) is 0 Å². The van der Waals surface area contributed by atoms with Crippen LogP contribution in [0.2, 0.25) is 0 Å². The maximum atomic E-state index is 13.6. The van der Waals surface area contributed by atoms with Crippen molar-refractivity contribution >= 4 is 17.9 Å². The van der Waals surface area contributed by atoms with Crippen LogP contribution in [0.5, 0.6) is 0 Å². The summed E-state index contributed by atoms with van der Waals surface area (Å²) in [5, 5.41) is 5.68. The highest BCUT2D eigenvalue weighted by molar-refractivity contribution is 5.79. The van der Waals surface area contributed by atoms with Crippen molar-refractivity contribution in [2.45, 2.75) is 157 Å². The summed E-state index contributed by atoms with van der Waals surface area (Å²) < 4.78 is 5.93. The van der Waals surface area contributed by atoms with E-state index in [1.165, 1.54) is 51.4 Å². The van der Waals surface area contributed by atoms with Crippen molar-refractivity contribution in [3.63, 3.8) is 0 Å². The average Bonchev–Trinajstić information content (AvgIpc) is 3.37. The van der Waals surface area contributed by atoms with Crippen LogP contribution in [0.25, 0.3) is 0 Å². The molecule has 6 unspecified atom stereocenters. The minimum atomic E-state index is -0.571. The van der Waals surface area contributed by atoms with Gasteiger partial charge in [-0.3, -0.25) is 9.59 Å². The van der Waals surface area contributed by atoms with Gasteiger partial charge in [0.15, 0.2) is 0 Å². The van der Waals surface area contributed by atoms with Crippen molar-refractivity contribution in [3.8, 4) is 0 Å². The largest absolute Gasteiger partial charge is 0.444 e. The van der Waals surface area contributed by atoms with E-state index in [1.807, 2.05) is 25.7 Å². The fourth-order valence-corrected chi connectivity index (χ4v) is 10.8. The number of hydrogen-bond acceptors (Lipinski definition) is 5. The van der Waals surface area contributed by atoms with Crippen LogP contribution in [-0.4, -0.2) is 60.6 Å². The summed E-state index contributed by atoms with van der Waals surface area (Å²) in [6, 6.07) is 0.107. The van der Waals surface area contributed by atoms with Crippen molar-refractivity contribution in [2.75, 3.05) is 26.2 Å². The number of nitrogens with two attached hydrogens (primary N) is 1. The third kappa shape index (κ3) is 9.83. The van der Waals surface area contributed by atoms with E-state index in [0.717, 1.165) is 54.8 Å². The molecule has 0 radical (unpaired) electrons. The number of fused-ring (bicyclic) bond motifs is 5. The summed E-state index contributed by atoms with van der Waals surface area (Å²) in [5.41, 5.74) is 7.11. The standard InChI is InChI=1S/C41H72N4O4/c1-28(2)11-9-12-29(3)33-15-16-34-32-14-13-30-27-31(17-21-40(30,7)35(32)18-22-41(33,34)8)45(38(48)49-39(4,5)6)26-10-24-43-37(47)20-25-44-36(46)19-23-42/h13,28-29,31-35H,9-12,14-27,42H2,1-8H3,(H,43,47)(H,44,46)/t29-,31+,32?,33?,34?,35?,40?,41?/m1/s1. The van der Waals surface area contributed by atoms with Crippen LogP contribution in [0.3, 0.4) is 0 Å². The Morgan fingerprint density at radius 2 is 1.65 bits per heavy atom. The first-order valence-electron chi connectivity index (χ1n) is 20.0. The van der Waals surface area contributed by atoms with E-state index in [2.05, 4.69) is 51.3 Å². The highest BCUT2D eigenvalue weighted by Crippen LogP contribution is 2.67. The molecular formula is C41H72N4O4. The molecule has 3 fully saturated rings. The molecule has 4 rings (SSSR count). The minimum Gasteiger partial charge on any atom is -0.444 e. The lowest BCUT2D eigenvalue weighted by atomic mass is 9.46. The Bertz CT molecular complexity index is 1160. The van der Waals surface area contributed by atoms with Gasteiger partial charge in [-0.25, -0.2) is 4.79 Å². The highest BCUT2D eigenvalue weighted by atomic mass is 16.6. The Morgan fingerprint density at radius 3 is 2.35 bits per heavy atom. The summed E-state index contributed by atoms with van der Waals surface area (Å²) in [6.07, 6.45) is 17.4. The minimum absolute atomic E-state index is 0.107. The second kappa shape index (κ2) is 17.0. The Hall–Kier alpha value is -2.09. The first kappa shape index (κ1) is 39.7. The van der Waals surface area contributed by atoms with Crippen LogP contribution in [0, 0.1) is 46.3 Å². The Morgan fingerprint density at radius 1 is 0.939 bits per heavy atom. The zero-order valence-corrected chi connectivity index (χ0v) is 32.5. The lowest BCUT2D eigenvalue weighted by Gasteiger charge is -2.59. The number of amides is 3. The molecule has 4 aliphatic rings. The number of carbonyl (C=O) groups is 3. The Kier molecular flexibility index (Phi) is 13.7. The van der Waals surface area contributed by atoms with E-state index in [9.17, 15) is 14.4 Å². The average molecular weight is 685 g/mol. The van der Waals surface area contributed by atoms with Crippen LogP contribution in [0.1, 0.15) is 145 Å². The molecule has 280 valence electrons. The predicted molar refractivity (Wildman–Crippen MR) is 199 cm³/mol. The van der Waals surface area contributed by atoms with Crippen molar-refractivity contribution < 1.29 is 19.1 Å². The van der Waals surface area contributed by atoms with Gasteiger partial charge in [0.1, 0.15) is 5.60 Å². The zero-order chi connectivity index (χ0) is 36.0. The third-order valence-electron chi connectivity index (χ3n) is 13.3. The van der Waals surface area contributed by atoms with Crippen LogP contribution >= 0.6 is 0 Å². The van der Waals surface area contributed by atoms with Gasteiger partial charge < -0.3 is 26.0 Å². The van der Waals surface area contributed by atoms with Gasteiger partial charge in [-0.15, -0.1) is 0 Å². The topological polar surface area (TPSA) is 114 Å². The first-order valence-corrected chi connectivity index (χ1v) is 20.0. The van der Waals surface area contributed by atoms with Crippen LogP contribution in [0.4, 0.5) is 4.79 Å². The quantitative estimate of drug-likeness (QED) is 0.120. The van der Waals surface area contributed by atoms with Gasteiger partial charge in [-0.2, -0.15) is 0 Å². The van der Waals surface area contributed by atoms with Gasteiger partial charge in [0, 0.05) is 45.1 Å². The maximum absolute atomic E-state index is 13.6. The number of hydrogen-bond donors (Lipinski definition) is 3. The maximum Gasteiger partial charge on any atom is 0.410 e. The molecule has 8 nitrogen and oxygen atoms in total. The van der Waals surface area contributed by atoms with Crippen LogP contribution in [0.15, 0.2) is 11.6 Å². The summed E-state index contributed by atoms with van der Waals surface area (Å²) in [7, 11) is 0. The van der Waals surface area contributed by atoms with E-state index in [1.54, 1.807) is 5.57 Å². The molecule has 0 saturated heterocycles. The lowest BCUT2D eigenvalue weighted by molar-refractivity contribution is -0.122. The highest BCUT2D eigenvalue weighted by Gasteiger charge is 2.59. The fourth-order valence-electron chi connectivity index (χ4n) is 10.8. The zero-order valence-electron chi connectivity index (χ0n) is 32.5. The number of allylic oxidation sites excluding steroid dienone is 1.